The van der Waals surface area contributed by atoms with Gasteiger partial charge in [0.1, 0.15) is 5.82 Å². The van der Waals surface area contributed by atoms with Crippen LogP contribution in [0.25, 0.3) is 0 Å². The van der Waals surface area contributed by atoms with Gasteiger partial charge in [0.15, 0.2) is 0 Å². The van der Waals surface area contributed by atoms with Gasteiger partial charge in [-0.05, 0) is 36.7 Å². The van der Waals surface area contributed by atoms with Crippen molar-refractivity contribution in [1.29, 1.82) is 0 Å². The molecule has 1 aromatic heterocycles. The number of aryl methyl sites for hydroxylation is 1. The summed E-state index contributed by atoms with van der Waals surface area (Å²) in [5.74, 6) is -0.229. The van der Waals surface area contributed by atoms with Crippen molar-refractivity contribution >= 4 is 0 Å². The van der Waals surface area contributed by atoms with Crippen LogP contribution in [0.3, 0.4) is 0 Å². The van der Waals surface area contributed by atoms with Gasteiger partial charge in [-0.3, -0.25) is 0 Å². The zero-order valence-corrected chi connectivity index (χ0v) is 9.73. The molecule has 0 spiro atoms. The second kappa shape index (κ2) is 5.05. The molecule has 2 aromatic rings. The molecule has 0 fully saturated rings. The molecule has 0 amide bonds. The first kappa shape index (κ1) is 11.7. The molecule has 0 atom stereocenters. The quantitative estimate of drug-likeness (QED) is 0.866. The lowest BCUT2D eigenvalue weighted by Gasteiger charge is -2.05. The number of benzene rings is 1. The van der Waals surface area contributed by atoms with Crippen molar-refractivity contribution < 1.29 is 4.39 Å². The van der Waals surface area contributed by atoms with Crippen LogP contribution in [0.5, 0.6) is 0 Å². The molecule has 0 aliphatic heterocycles. The summed E-state index contributed by atoms with van der Waals surface area (Å²) in [7, 11) is 0. The number of hydrogen-bond acceptors (Lipinski definition) is 3. The summed E-state index contributed by atoms with van der Waals surface area (Å²) >= 11 is 0. The van der Waals surface area contributed by atoms with E-state index in [9.17, 15) is 4.39 Å². The molecular formula is C12H15FN4. The number of rotatable bonds is 4. The summed E-state index contributed by atoms with van der Waals surface area (Å²) in [6.07, 6.45) is 2.55. The first-order valence-corrected chi connectivity index (χ1v) is 5.53. The molecule has 0 bridgehead atoms. The highest BCUT2D eigenvalue weighted by atomic mass is 19.1. The van der Waals surface area contributed by atoms with E-state index >= 15 is 0 Å². The van der Waals surface area contributed by atoms with E-state index in [0.29, 0.717) is 19.5 Å². The third-order valence-electron chi connectivity index (χ3n) is 2.63. The van der Waals surface area contributed by atoms with Crippen molar-refractivity contribution in [3.05, 3.63) is 47.0 Å². The summed E-state index contributed by atoms with van der Waals surface area (Å²) < 4.78 is 14.8. The van der Waals surface area contributed by atoms with Gasteiger partial charge in [0.25, 0.3) is 0 Å². The van der Waals surface area contributed by atoms with E-state index in [1.54, 1.807) is 10.7 Å². The van der Waals surface area contributed by atoms with Crippen LogP contribution < -0.4 is 5.73 Å². The van der Waals surface area contributed by atoms with E-state index in [-0.39, 0.29) is 5.82 Å². The lowest BCUT2D eigenvalue weighted by Crippen LogP contribution is -2.03. The fraction of sp³-hybridized carbons (Fsp3) is 0.333. The highest BCUT2D eigenvalue weighted by Gasteiger charge is 2.04. The highest BCUT2D eigenvalue weighted by Crippen LogP contribution is 2.11. The average molecular weight is 234 g/mol. The zero-order valence-electron chi connectivity index (χ0n) is 9.73. The molecular weight excluding hydrogens is 219 g/mol. The van der Waals surface area contributed by atoms with Crippen molar-refractivity contribution in [2.45, 2.75) is 19.9 Å². The van der Waals surface area contributed by atoms with Gasteiger partial charge in [0.2, 0.25) is 0 Å². The van der Waals surface area contributed by atoms with Gasteiger partial charge in [-0.1, -0.05) is 11.3 Å². The van der Waals surface area contributed by atoms with Crippen LogP contribution in [0.15, 0.2) is 24.4 Å². The number of nitrogens with two attached hydrogens (primary N) is 1. The molecule has 0 aliphatic carbocycles. The maximum absolute atomic E-state index is 13.1. The third-order valence-corrected chi connectivity index (χ3v) is 2.63. The minimum Gasteiger partial charge on any atom is -0.330 e. The smallest absolute Gasteiger partial charge is 0.123 e. The first-order chi connectivity index (χ1) is 8.19. The Morgan fingerprint density at radius 2 is 2.24 bits per heavy atom. The fourth-order valence-corrected chi connectivity index (χ4v) is 1.66. The van der Waals surface area contributed by atoms with E-state index < -0.39 is 0 Å². The summed E-state index contributed by atoms with van der Waals surface area (Å²) in [4.78, 5) is 0. The molecule has 0 aliphatic rings. The Labute approximate surface area is 99.2 Å². The van der Waals surface area contributed by atoms with Crippen LogP contribution in [-0.4, -0.2) is 21.5 Å². The molecule has 2 N–H and O–H groups in total. The van der Waals surface area contributed by atoms with Crippen LogP contribution >= 0.6 is 0 Å². The van der Waals surface area contributed by atoms with E-state index in [0.717, 1.165) is 16.8 Å². The fourth-order valence-electron chi connectivity index (χ4n) is 1.66. The van der Waals surface area contributed by atoms with Crippen molar-refractivity contribution in [2.75, 3.05) is 6.54 Å². The summed E-state index contributed by atoms with van der Waals surface area (Å²) in [6.45, 7) is 3.03. The molecule has 0 saturated heterocycles. The summed E-state index contributed by atoms with van der Waals surface area (Å²) in [6, 6.07) is 4.75. The molecule has 0 unspecified atom stereocenters. The SMILES string of the molecule is Cc1ccc(F)cc1Cn1cc(CCN)nn1. The number of halogens is 1. The molecule has 90 valence electrons. The minimum absolute atomic E-state index is 0.229. The molecule has 1 aromatic carbocycles. The average Bonchev–Trinajstić information content (AvgIpc) is 2.72. The monoisotopic (exact) mass is 234 g/mol. The van der Waals surface area contributed by atoms with E-state index in [1.165, 1.54) is 12.1 Å². The van der Waals surface area contributed by atoms with Gasteiger partial charge in [0.05, 0.1) is 12.2 Å². The maximum Gasteiger partial charge on any atom is 0.123 e. The Hall–Kier alpha value is -1.75. The van der Waals surface area contributed by atoms with Gasteiger partial charge in [-0.25, -0.2) is 9.07 Å². The Bertz CT molecular complexity index is 507. The standard InChI is InChI=1S/C12H15FN4/c1-9-2-3-11(13)6-10(9)7-17-8-12(4-5-14)15-16-17/h2-3,6,8H,4-5,7,14H2,1H3. The minimum atomic E-state index is -0.229. The molecule has 4 nitrogen and oxygen atoms in total. The predicted molar refractivity (Wildman–Crippen MR) is 63.0 cm³/mol. The Morgan fingerprint density at radius 1 is 1.41 bits per heavy atom. The molecule has 2 rings (SSSR count). The molecule has 0 saturated carbocycles. The Balaban J connectivity index is 2.16. The Morgan fingerprint density at radius 3 is 3.00 bits per heavy atom. The first-order valence-electron chi connectivity index (χ1n) is 5.53. The van der Waals surface area contributed by atoms with E-state index in [2.05, 4.69) is 10.3 Å². The lowest BCUT2D eigenvalue weighted by molar-refractivity contribution is 0.612. The normalized spacial score (nSPS) is 10.8. The van der Waals surface area contributed by atoms with E-state index in [1.807, 2.05) is 13.1 Å². The molecule has 0 radical (unpaired) electrons. The predicted octanol–water partition coefficient (Wildman–Crippen LogP) is 1.28. The number of aromatic nitrogens is 3. The van der Waals surface area contributed by atoms with Crippen LogP contribution in [0.1, 0.15) is 16.8 Å². The van der Waals surface area contributed by atoms with Gasteiger partial charge in [0, 0.05) is 12.6 Å². The number of hydrogen-bond donors (Lipinski definition) is 1. The van der Waals surface area contributed by atoms with E-state index in [4.69, 9.17) is 5.73 Å². The third kappa shape index (κ3) is 2.88. The highest BCUT2D eigenvalue weighted by molar-refractivity contribution is 5.26. The number of nitrogens with zero attached hydrogens (tertiary/aromatic N) is 3. The summed E-state index contributed by atoms with van der Waals surface area (Å²) in [5.41, 5.74) is 8.26. The van der Waals surface area contributed by atoms with Crippen molar-refractivity contribution in [1.82, 2.24) is 15.0 Å². The van der Waals surface area contributed by atoms with Gasteiger partial charge >= 0.3 is 0 Å². The van der Waals surface area contributed by atoms with Crippen molar-refractivity contribution in [3.63, 3.8) is 0 Å². The Kier molecular flexibility index (Phi) is 3.49. The zero-order chi connectivity index (χ0) is 12.3. The van der Waals surface area contributed by atoms with Gasteiger partial charge < -0.3 is 5.73 Å². The molecule has 17 heavy (non-hydrogen) atoms. The van der Waals surface area contributed by atoms with Crippen molar-refractivity contribution in [2.24, 2.45) is 5.73 Å². The molecule has 1 heterocycles. The van der Waals surface area contributed by atoms with Crippen LogP contribution in [0.4, 0.5) is 4.39 Å². The van der Waals surface area contributed by atoms with Gasteiger partial charge in [-0.2, -0.15) is 0 Å². The van der Waals surface area contributed by atoms with Crippen LogP contribution in [0.2, 0.25) is 0 Å². The molecule has 5 heteroatoms. The second-order valence-electron chi connectivity index (χ2n) is 4.02. The summed E-state index contributed by atoms with van der Waals surface area (Å²) in [5, 5.41) is 7.98. The van der Waals surface area contributed by atoms with Gasteiger partial charge in [-0.15, -0.1) is 5.10 Å². The van der Waals surface area contributed by atoms with Crippen molar-refractivity contribution in [3.8, 4) is 0 Å². The topological polar surface area (TPSA) is 56.7 Å². The lowest BCUT2D eigenvalue weighted by atomic mass is 10.1. The van der Waals surface area contributed by atoms with Crippen LogP contribution in [0, 0.1) is 12.7 Å². The maximum atomic E-state index is 13.1. The largest absolute Gasteiger partial charge is 0.330 e. The second-order valence-corrected chi connectivity index (χ2v) is 4.02. The van der Waals surface area contributed by atoms with Crippen LogP contribution in [-0.2, 0) is 13.0 Å².